The lowest BCUT2D eigenvalue weighted by molar-refractivity contribution is -0.384. The summed E-state index contributed by atoms with van der Waals surface area (Å²) in [7, 11) is 0. The molecule has 0 spiro atoms. The first-order valence-corrected chi connectivity index (χ1v) is 13.5. The Hall–Kier alpha value is -5.84. The van der Waals surface area contributed by atoms with E-state index >= 15 is 0 Å². The molecule has 4 N–H and O–H groups in total. The van der Waals surface area contributed by atoms with Crippen LogP contribution >= 0.6 is 12.4 Å². The maximum absolute atomic E-state index is 13.5. The summed E-state index contributed by atoms with van der Waals surface area (Å²) in [6.07, 6.45) is 2.74. The third kappa shape index (κ3) is 7.96. The highest BCUT2D eigenvalue weighted by Gasteiger charge is 2.20. The molecular formula is C34H27ClN4O6. The fourth-order valence-corrected chi connectivity index (χ4v) is 4.37. The highest BCUT2D eigenvalue weighted by molar-refractivity contribution is 6.15. The molecule has 0 fully saturated rings. The molecule has 0 radical (unpaired) electrons. The number of carbonyl (C=O) groups is 3. The molecule has 0 unspecified atom stereocenters. The highest BCUT2D eigenvalue weighted by Crippen LogP contribution is 2.27. The number of furan rings is 1. The Labute approximate surface area is 264 Å². The maximum Gasteiger partial charge on any atom is 0.269 e. The van der Waals surface area contributed by atoms with Crippen LogP contribution in [0.25, 0.3) is 17.4 Å². The Kier molecular flexibility index (Phi) is 10.4. The lowest BCUT2D eigenvalue weighted by atomic mass is 10.00. The molecule has 5 rings (SSSR count). The number of nitrogens with two attached hydrogens (primary N) is 1. The number of benzene rings is 4. The molecule has 0 aliphatic carbocycles. The number of nitro benzene ring substituents is 1. The van der Waals surface area contributed by atoms with Crippen LogP contribution in [0.1, 0.15) is 33.3 Å². The van der Waals surface area contributed by atoms with Crippen molar-refractivity contribution < 1.29 is 23.7 Å². The fourth-order valence-electron chi connectivity index (χ4n) is 4.37. The molecule has 1 aromatic heterocycles. The van der Waals surface area contributed by atoms with Crippen molar-refractivity contribution >= 4 is 53.1 Å². The number of carbonyl (C=O) groups excluding carboxylic acids is 3. The van der Waals surface area contributed by atoms with E-state index in [2.05, 4.69) is 10.6 Å². The van der Waals surface area contributed by atoms with Crippen LogP contribution in [0.15, 0.2) is 126 Å². The first-order chi connectivity index (χ1) is 21.3. The van der Waals surface area contributed by atoms with Crippen molar-refractivity contribution in [1.82, 2.24) is 0 Å². The number of nitrogens with one attached hydrogen (secondary N) is 2. The van der Waals surface area contributed by atoms with E-state index in [9.17, 15) is 24.5 Å². The molecule has 45 heavy (non-hydrogen) atoms. The summed E-state index contributed by atoms with van der Waals surface area (Å²) in [5.74, 6) is -0.464. The van der Waals surface area contributed by atoms with Gasteiger partial charge in [0.2, 0.25) is 11.8 Å². The maximum atomic E-state index is 13.5. The lowest BCUT2D eigenvalue weighted by Gasteiger charge is -2.16. The standard InChI is InChI=1S/C34H26N4O6.ClH/c35-32(23-7-3-1-4-8-23)34(41)37-29-18-13-25(21-28(29)33(40)24-9-5-2-6-10-24)36-31(39)20-17-27-16-19-30(44-27)22-11-14-26(15-12-22)38(42)43;/h1-21,32H,35H2,(H,36,39)(H,37,41);1H/b20-17+;/t32-;/m1./s1. The number of nitro groups is 1. The molecular weight excluding hydrogens is 596 g/mol. The molecule has 226 valence electrons. The third-order valence-electron chi connectivity index (χ3n) is 6.66. The van der Waals surface area contributed by atoms with Crippen molar-refractivity contribution in [3.05, 3.63) is 154 Å². The van der Waals surface area contributed by atoms with E-state index in [4.69, 9.17) is 10.2 Å². The van der Waals surface area contributed by atoms with E-state index in [1.807, 2.05) is 6.07 Å². The van der Waals surface area contributed by atoms with Crippen molar-refractivity contribution in [3.8, 4) is 11.3 Å². The summed E-state index contributed by atoms with van der Waals surface area (Å²) >= 11 is 0. The van der Waals surface area contributed by atoms with Crippen LogP contribution in [0.3, 0.4) is 0 Å². The Morgan fingerprint density at radius 3 is 2.16 bits per heavy atom. The first kappa shape index (κ1) is 32.1. The molecule has 0 saturated carbocycles. The zero-order chi connectivity index (χ0) is 31.1. The zero-order valence-corrected chi connectivity index (χ0v) is 24.4. The zero-order valence-electron chi connectivity index (χ0n) is 23.6. The SMILES string of the molecule is Cl.N[C@@H](C(=O)Nc1ccc(NC(=O)/C=C/c2ccc(-c3ccc([N+](=O)[O-])cc3)o2)cc1C(=O)c1ccccc1)c1ccccc1. The van der Waals surface area contributed by atoms with E-state index in [-0.39, 0.29) is 35.1 Å². The number of nitrogens with zero attached hydrogens (tertiary/aromatic N) is 1. The van der Waals surface area contributed by atoms with Gasteiger partial charge < -0.3 is 20.8 Å². The molecule has 1 atom stereocenters. The summed E-state index contributed by atoms with van der Waals surface area (Å²) in [5.41, 5.74) is 8.54. The van der Waals surface area contributed by atoms with E-state index in [0.29, 0.717) is 33.9 Å². The van der Waals surface area contributed by atoms with Gasteiger partial charge in [0.05, 0.1) is 10.6 Å². The minimum atomic E-state index is -0.956. The predicted octanol–water partition coefficient (Wildman–Crippen LogP) is 6.80. The van der Waals surface area contributed by atoms with Gasteiger partial charge in [-0.15, -0.1) is 12.4 Å². The van der Waals surface area contributed by atoms with Gasteiger partial charge >= 0.3 is 0 Å². The highest BCUT2D eigenvalue weighted by atomic mass is 35.5. The van der Waals surface area contributed by atoms with E-state index < -0.39 is 22.8 Å². The lowest BCUT2D eigenvalue weighted by Crippen LogP contribution is -2.28. The van der Waals surface area contributed by atoms with Crippen molar-refractivity contribution in [3.63, 3.8) is 0 Å². The Morgan fingerprint density at radius 2 is 1.49 bits per heavy atom. The molecule has 5 aromatic rings. The van der Waals surface area contributed by atoms with Crippen molar-refractivity contribution in [2.24, 2.45) is 5.73 Å². The van der Waals surface area contributed by atoms with Gasteiger partial charge in [-0.1, -0.05) is 60.7 Å². The number of hydrogen-bond acceptors (Lipinski definition) is 7. The Morgan fingerprint density at radius 1 is 0.822 bits per heavy atom. The largest absolute Gasteiger partial charge is 0.457 e. The van der Waals surface area contributed by atoms with Gasteiger partial charge in [0, 0.05) is 40.6 Å². The minimum Gasteiger partial charge on any atom is -0.457 e. The average Bonchev–Trinajstić information content (AvgIpc) is 3.54. The van der Waals surface area contributed by atoms with Crippen LogP contribution in [0, 0.1) is 10.1 Å². The molecule has 0 aliphatic rings. The van der Waals surface area contributed by atoms with Gasteiger partial charge in [-0.2, -0.15) is 0 Å². The van der Waals surface area contributed by atoms with Crippen molar-refractivity contribution in [1.29, 1.82) is 0 Å². The molecule has 1 heterocycles. The van der Waals surface area contributed by atoms with E-state index in [1.54, 1.807) is 84.9 Å². The normalized spacial score (nSPS) is 11.3. The van der Waals surface area contributed by atoms with E-state index in [0.717, 1.165) is 0 Å². The quantitative estimate of drug-likeness (QED) is 0.0669. The smallest absolute Gasteiger partial charge is 0.269 e. The van der Waals surface area contributed by atoms with Crippen LogP contribution in [-0.4, -0.2) is 22.5 Å². The summed E-state index contributed by atoms with van der Waals surface area (Å²) in [4.78, 5) is 49.6. The number of anilines is 2. The van der Waals surface area contributed by atoms with Gasteiger partial charge in [-0.25, -0.2) is 0 Å². The Bertz CT molecular complexity index is 1860. The van der Waals surface area contributed by atoms with Crippen LogP contribution in [-0.2, 0) is 9.59 Å². The molecule has 0 aliphatic heterocycles. The van der Waals surface area contributed by atoms with Crippen molar-refractivity contribution in [2.45, 2.75) is 6.04 Å². The topological polar surface area (TPSA) is 158 Å². The Balaban J connectivity index is 0.00000461. The van der Waals surface area contributed by atoms with Gasteiger partial charge in [-0.05, 0) is 54.1 Å². The molecule has 0 bridgehead atoms. The van der Waals surface area contributed by atoms with Gasteiger partial charge in [-0.3, -0.25) is 24.5 Å². The monoisotopic (exact) mass is 622 g/mol. The summed E-state index contributed by atoms with van der Waals surface area (Å²) in [6, 6.07) is 30.3. The fraction of sp³-hybridized carbons (Fsp3) is 0.0294. The third-order valence-corrected chi connectivity index (χ3v) is 6.66. The first-order valence-electron chi connectivity index (χ1n) is 13.5. The number of non-ortho nitro benzene ring substituents is 1. The van der Waals surface area contributed by atoms with Crippen LogP contribution in [0.2, 0.25) is 0 Å². The minimum absolute atomic E-state index is 0. The number of hydrogen-bond donors (Lipinski definition) is 3. The molecule has 0 saturated heterocycles. The second-order valence-corrected chi connectivity index (χ2v) is 9.66. The molecule has 10 nitrogen and oxygen atoms in total. The number of rotatable bonds is 10. The number of halogens is 1. The van der Waals surface area contributed by atoms with Crippen LogP contribution in [0.4, 0.5) is 17.1 Å². The predicted molar refractivity (Wildman–Crippen MR) is 174 cm³/mol. The second-order valence-electron chi connectivity index (χ2n) is 9.66. The van der Waals surface area contributed by atoms with E-state index in [1.165, 1.54) is 36.4 Å². The van der Waals surface area contributed by atoms with Gasteiger partial charge in [0.25, 0.3) is 5.69 Å². The summed E-state index contributed by atoms with van der Waals surface area (Å²) < 4.78 is 5.74. The summed E-state index contributed by atoms with van der Waals surface area (Å²) in [6.45, 7) is 0. The number of amides is 2. The summed E-state index contributed by atoms with van der Waals surface area (Å²) in [5, 5.41) is 16.4. The van der Waals surface area contributed by atoms with Gasteiger partial charge in [0.1, 0.15) is 17.6 Å². The van der Waals surface area contributed by atoms with Crippen LogP contribution < -0.4 is 16.4 Å². The molecule has 4 aromatic carbocycles. The van der Waals surface area contributed by atoms with Gasteiger partial charge in [0.15, 0.2) is 5.78 Å². The molecule has 2 amide bonds. The average molecular weight is 623 g/mol. The van der Waals surface area contributed by atoms with Crippen LogP contribution in [0.5, 0.6) is 0 Å². The number of ketones is 1. The second kappa shape index (κ2) is 14.6. The molecule has 11 heteroatoms. The van der Waals surface area contributed by atoms with Crippen molar-refractivity contribution in [2.75, 3.05) is 10.6 Å².